The summed E-state index contributed by atoms with van der Waals surface area (Å²) < 4.78 is 31.2. The fraction of sp³-hybridized carbons (Fsp3) is 0.353. The number of carbonyl (C=O) groups is 1. The molecule has 0 radical (unpaired) electrons. The maximum absolute atomic E-state index is 13.0. The highest BCUT2D eigenvalue weighted by atomic mass is 32.2. The van der Waals surface area contributed by atoms with E-state index in [2.05, 4.69) is 0 Å². The van der Waals surface area contributed by atoms with Crippen molar-refractivity contribution < 1.29 is 17.6 Å². The lowest BCUT2D eigenvalue weighted by Crippen LogP contribution is -2.32. The molecule has 0 aliphatic rings. The van der Waals surface area contributed by atoms with Crippen molar-refractivity contribution in [2.45, 2.75) is 37.8 Å². The topological polar surface area (TPSA) is 64.3 Å². The van der Waals surface area contributed by atoms with E-state index in [0.29, 0.717) is 11.3 Å². The summed E-state index contributed by atoms with van der Waals surface area (Å²) in [5.74, 6) is 0.224. The average molecular weight is 320 g/mol. The van der Waals surface area contributed by atoms with Crippen molar-refractivity contribution >= 4 is 15.6 Å². The van der Waals surface area contributed by atoms with Crippen molar-refractivity contribution in [1.82, 2.24) is 0 Å². The molecule has 1 atom stereocenters. The number of aryl methyl sites for hydroxylation is 1. The zero-order chi connectivity index (χ0) is 16.5. The number of furan rings is 1. The second kappa shape index (κ2) is 5.72. The van der Waals surface area contributed by atoms with E-state index >= 15 is 0 Å². The van der Waals surface area contributed by atoms with E-state index < -0.39 is 20.5 Å². The van der Waals surface area contributed by atoms with Crippen LogP contribution in [0.4, 0.5) is 0 Å². The van der Waals surface area contributed by atoms with Crippen LogP contribution in [-0.4, -0.2) is 14.2 Å². The van der Waals surface area contributed by atoms with Crippen LogP contribution in [0.3, 0.4) is 0 Å². The third kappa shape index (κ3) is 3.14. The van der Waals surface area contributed by atoms with E-state index in [-0.39, 0.29) is 10.7 Å². The zero-order valence-electron chi connectivity index (χ0n) is 13.2. The van der Waals surface area contributed by atoms with Gasteiger partial charge < -0.3 is 4.42 Å². The van der Waals surface area contributed by atoms with Crippen LogP contribution >= 0.6 is 0 Å². The largest absolute Gasteiger partial charge is 0.469 e. The Morgan fingerprint density at radius 3 is 2.18 bits per heavy atom. The third-order valence-corrected chi connectivity index (χ3v) is 5.45. The first-order valence-electron chi connectivity index (χ1n) is 7.02. The molecule has 1 aromatic heterocycles. The Bertz CT molecular complexity index is 764. The number of hydrogen-bond donors (Lipinski definition) is 0. The number of hydrogen-bond acceptors (Lipinski definition) is 4. The molecule has 0 aliphatic heterocycles. The predicted octanol–water partition coefficient (Wildman–Crippen LogP) is 3.72. The molecule has 4 nitrogen and oxygen atoms in total. The summed E-state index contributed by atoms with van der Waals surface area (Å²) in [7, 11) is -3.83. The second-order valence-electron chi connectivity index (χ2n) is 6.34. The molecule has 2 aromatic rings. The molecule has 1 unspecified atom stereocenters. The van der Waals surface area contributed by atoms with Gasteiger partial charge in [0, 0.05) is 11.0 Å². The normalized spacial score (nSPS) is 13.8. The molecule has 1 aromatic carbocycles. The highest BCUT2D eigenvalue weighted by Gasteiger charge is 2.41. The summed E-state index contributed by atoms with van der Waals surface area (Å²) in [5, 5.41) is -1.26. The molecule has 118 valence electrons. The van der Waals surface area contributed by atoms with E-state index in [4.69, 9.17) is 4.42 Å². The number of Topliss-reactive ketones (excluding diaryl/α,β-unsaturated/α-hetero) is 1. The molecule has 0 fully saturated rings. The van der Waals surface area contributed by atoms with Crippen LogP contribution in [0.1, 0.15) is 37.3 Å². The van der Waals surface area contributed by atoms with Gasteiger partial charge in [-0.1, -0.05) is 39.0 Å². The lowest BCUT2D eigenvalue weighted by molar-refractivity contribution is -0.126. The van der Waals surface area contributed by atoms with Gasteiger partial charge in [-0.2, -0.15) is 0 Å². The Labute approximate surface area is 131 Å². The standard InChI is InChI=1S/C17H20O4S/c1-12-10-13(11-21-12)15(16(18)17(2,3)4)22(19,20)14-8-6-5-7-9-14/h5-11,15H,1-4H3. The van der Waals surface area contributed by atoms with Gasteiger partial charge in [0.2, 0.25) is 0 Å². The first kappa shape index (κ1) is 16.5. The molecule has 0 saturated heterocycles. The van der Waals surface area contributed by atoms with Crippen molar-refractivity contribution in [2.75, 3.05) is 0 Å². The van der Waals surface area contributed by atoms with E-state index in [1.54, 1.807) is 52.0 Å². The van der Waals surface area contributed by atoms with Gasteiger partial charge in [-0.15, -0.1) is 0 Å². The molecule has 1 heterocycles. The number of sulfone groups is 1. The van der Waals surface area contributed by atoms with E-state index in [9.17, 15) is 13.2 Å². The number of ketones is 1. The molecular formula is C17H20O4S. The summed E-state index contributed by atoms with van der Waals surface area (Å²) in [6, 6.07) is 9.64. The van der Waals surface area contributed by atoms with Gasteiger partial charge in [-0.3, -0.25) is 4.79 Å². The highest BCUT2D eigenvalue weighted by Crippen LogP contribution is 2.36. The average Bonchev–Trinajstić information content (AvgIpc) is 2.85. The summed E-state index contributed by atoms with van der Waals surface area (Å²) >= 11 is 0. The van der Waals surface area contributed by atoms with Crippen LogP contribution in [-0.2, 0) is 14.6 Å². The third-order valence-electron chi connectivity index (χ3n) is 3.41. The Balaban J connectivity index is 2.62. The number of benzene rings is 1. The maximum atomic E-state index is 13.0. The lowest BCUT2D eigenvalue weighted by atomic mass is 9.87. The molecule has 0 spiro atoms. The van der Waals surface area contributed by atoms with Crippen LogP contribution in [0.5, 0.6) is 0 Å². The zero-order valence-corrected chi connectivity index (χ0v) is 14.0. The molecule has 0 amide bonds. The van der Waals surface area contributed by atoms with Gasteiger partial charge >= 0.3 is 0 Å². The van der Waals surface area contributed by atoms with Gasteiger partial charge in [-0.25, -0.2) is 8.42 Å². The summed E-state index contributed by atoms with van der Waals surface area (Å²) in [6.07, 6.45) is 1.35. The Kier molecular flexibility index (Phi) is 4.29. The van der Waals surface area contributed by atoms with Gasteiger partial charge in [0.05, 0.1) is 11.2 Å². The fourth-order valence-electron chi connectivity index (χ4n) is 2.21. The Morgan fingerprint density at radius 2 is 1.73 bits per heavy atom. The summed E-state index contributed by atoms with van der Waals surface area (Å²) in [5.41, 5.74) is -0.404. The lowest BCUT2D eigenvalue weighted by Gasteiger charge is -2.24. The SMILES string of the molecule is Cc1cc(C(C(=O)C(C)(C)C)S(=O)(=O)c2ccccc2)co1. The van der Waals surface area contributed by atoms with E-state index in [1.807, 2.05) is 0 Å². The van der Waals surface area contributed by atoms with Crippen molar-refractivity contribution in [2.24, 2.45) is 5.41 Å². The van der Waals surface area contributed by atoms with Crippen LogP contribution in [0, 0.1) is 12.3 Å². The Hall–Kier alpha value is -1.88. The molecule has 5 heteroatoms. The first-order valence-corrected chi connectivity index (χ1v) is 8.57. The van der Waals surface area contributed by atoms with Gasteiger partial charge in [-0.05, 0) is 25.1 Å². The van der Waals surface area contributed by atoms with Crippen LogP contribution in [0.2, 0.25) is 0 Å². The minimum Gasteiger partial charge on any atom is -0.469 e. The molecule has 0 saturated carbocycles. The first-order chi connectivity index (χ1) is 10.1. The van der Waals surface area contributed by atoms with Crippen molar-refractivity contribution in [3.63, 3.8) is 0 Å². The van der Waals surface area contributed by atoms with Crippen LogP contribution in [0.25, 0.3) is 0 Å². The van der Waals surface area contributed by atoms with Crippen LogP contribution < -0.4 is 0 Å². The number of carbonyl (C=O) groups excluding carboxylic acids is 1. The minimum atomic E-state index is -3.83. The Morgan fingerprint density at radius 1 is 1.14 bits per heavy atom. The summed E-state index contributed by atoms with van der Waals surface area (Å²) in [6.45, 7) is 6.87. The fourth-order valence-corrected chi connectivity index (χ4v) is 4.14. The second-order valence-corrected chi connectivity index (χ2v) is 8.38. The molecular weight excluding hydrogens is 300 g/mol. The minimum absolute atomic E-state index is 0.136. The molecule has 0 aliphatic carbocycles. The smallest absolute Gasteiger partial charge is 0.192 e. The molecule has 22 heavy (non-hydrogen) atoms. The van der Waals surface area contributed by atoms with Crippen molar-refractivity contribution in [1.29, 1.82) is 0 Å². The molecule has 0 N–H and O–H groups in total. The van der Waals surface area contributed by atoms with Crippen molar-refractivity contribution in [3.05, 3.63) is 54.0 Å². The van der Waals surface area contributed by atoms with Gasteiger partial charge in [0.15, 0.2) is 20.9 Å². The monoisotopic (exact) mass is 320 g/mol. The molecule has 2 rings (SSSR count). The van der Waals surface area contributed by atoms with Gasteiger partial charge in [0.1, 0.15) is 5.76 Å². The van der Waals surface area contributed by atoms with E-state index in [1.165, 1.54) is 18.4 Å². The number of rotatable bonds is 4. The van der Waals surface area contributed by atoms with Crippen LogP contribution in [0.15, 0.2) is 52.0 Å². The predicted molar refractivity (Wildman–Crippen MR) is 84.3 cm³/mol. The highest BCUT2D eigenvalue weighted by molar-refractivity contribution is 7.92. The quantitative estimate of drug-likeness (QED) is 0.861. The van der Waals surface area contributed by atoms with Crippen molar-refractivity contribution in [3.8, 4) is 0 Å². The van der Waals surface area contributed by atoms with E-state index in [0.717, 1.165) is 0 Å². The summed E-state index contributed by atoms with van der Waals surface area (Å²) in [4.78, 5) is 12.9. The van der Waals surface area contributed by atoms with Gasteiger partial charge in [0.25, 0.3) is 0 Å². The maximum Gasteiger partial charge on any atom is 0.192 e. The molecule has 0 bridgehead atoms.